The summed E-state index contributed by atoms with van der Waals surface area (Å²) >= 11 is 1.33. The molecule has 0 radical (unpaired) electrons. The molecule has 0 aliphatic heterocycles. The second-order valence-corrected chi connectivity index (χ2v) is 37.4. The van der Waals surface area contributed by atoms with Crippen molar-refractivity contribution in [2.24, 2.45) is 64.4 Å². The zero-order valence-corrected chi connectivity index (χ0v) is 83.9. The second kappa shape index (κ2) is 61.3. The number of rotatable bonds is 63. The van der Waals surface area contributed by atoms with Crippen LogP contribution in [0.3, 0.4) is 0 Å². The summed E-state index contributed by atoms with van der Waals surface area (Å²) in [7, 11) is 0. The minimum Gasteiger partial charge on any atom is -0.481 e. The SMILES string of the molecule is CC[C@H](C)[C@H](NC(=O)[C@@H](NC(=O)[C@@H](NC(=O)[C@H](C)NC(=O)[C@@H](N)C(C)C)C(C)C)C(C)C)C(=O)N[C@H](C(=O)N[C@@H](CC(N)=O)C(=O)N[C@@H](CCC(N)=O)C(=O)N[C@H](C(=O)N[C@H](C(=O)N[C@@H](C)C(=O)N[C@@H](CCC(N)=O)C(=O)N[C@H](C(=O)N[C@@H](CC(=O)O)C(=O)NCC(=O)N[C@@H](C)C(=O)N[C@@H](C)C(=O)N[C@@H](CCSC)C(=O)N[C@@H](Cc1ccccc1)C(=O)N[C@@H](C)C(=O)O)C(C)C)C(C)C)C(C)C)[C@@H](C)O. The van der Waals surface area contributed by atoms with E-state index in [2.05, 4.69) is 101 Å². The molecular weight excluding hydrogens is 1860 g/mol. The Morgan fingerprint density at radius 1 is 0.314 bits per heavy atom. The van der Waals surface area contributed by atoms with Crippen molar-refractivity contribution >= 4 is 154 Å². The molecule has 21 atom stereocenters. The molecule has 0 aromatic heterocycles. The number of carbonyl (C=O) groups is 24. The molecule has 1 aromatic carbocycles. The zero-order chi connectivity index (χ0) is 107. The Hall–Kier alpha value is -13.2. The van der Waals surface area contributed by atoms with Crippen LogP contribution in [0.4, 0.5) is 0 Å². The number of carboxylic acid groups (broad SMARTS) is 2. The van der Waals surface area contributed by atoms with Crippen molar-refractivity contribution in [1.29, 1.82) is 0 Å². The molecule has 51 heteroatoms. The van der Waals surface area contributed by atoms with E-state index in [1.165, 1.54) is 81.0 Å². The first-order chi connectivity index (χ1) is 65.0. The Kier molecular flexibility index (Phi) is 54.6. The van der Waals surface area contributed by atoms with Crippen molar-refractivity contribution < 1.29 is 130 Å². The number of aliphatic hydroxyl groups excluding tert-OH is 1. The van der Waals surface area contributed by atoms with Gasteiger partial charge in [0.1, 0.15) is 109 Å². The average molecular weight is 2000 g/mol. The normalized spacial score (nSPS) is 15.8. The number of hydrogen-bond donors (Lipinski definition) is 26. The largest absolute Gasteiger partial charge is 0.481 e. The Morgan fingerprint density at radius 2 is 0.614 bits per heavy atom. The van der Waals surface area contributed by atoms with E-state index in [0.29, 0.717) is 11.3 Å². The molecule has 0 spiro atoms. The highest BCUT2D eigenvalue weighted by Crippen LogP contribution is 2.18. The number of nitrogens with two attached hydrogens (primary N) is 4. The lowest BCUT2D eigenvalue weighted by Gasteiger charge is -2.31. The molecule has 140 heavy (non-hydrogen) atoms. The molecule has 50 nitrogen and oxygen atoms in total. The molecule has 30 N–H and O–H groups in total. The van der Waals surface area contributed by atoms with Gasteiger partial charge in [0.2, 0.25) is 130 Å². The molecule has 786 valence electrons. The van der Waals surface area contributed by atoms with Crippen molar-refractivity contribution in [2.45, 2.75) is 317 Å². The van der Waals surface area contributed by atoms with Gasteiger partial charge in [0.25, 0.3) is 0 Å². The lowest BCUT2D eigenvalue weighted by atomic mass is 9.95. The number of thioether (sulfide) groups is 1. The summed E-state index contributed by atoms with van der Waals surface area (Å²) in [5, 5.41) is 76.1. The van der Waals surface area contributed by atoms with E-state index in [4.69, 9.17) is 22.9 Å². The van der Waals surface area contributed by atoms with E-state index in [1.54, 1.807) is 92.0 Å². The highest BCUT2D eigenvalue weighted by molar-refractivity contribution is 7.98. The van der Waals surface area contributed by atoms with Crippen molar-refractivity contribution in [3.8, 4) is 0 Å². The maximum atomic E-state index is 14.4. The summed E-state index contributed by atoms with van der Waals surface area (Å²) < 4.78 is 0. The number of carboxylic acids is 2. The van der Waals surface area contributed by atoms with Crippen LogP contribution < -0.4 is 124 Å². The van der Waals surface area contributed by atoms with Gasteiger partial charge >= 0.3 is 11.9 Å². The smallest absolute Gasteiger partial charge is 0.325 e. The van der Waals surface area contributed by atoms with Gasteiger partial charge in [0.05, 0.1) is 31.5 Å². The summed E-state index contributed by atoms with van der Waals surface area (Å²) in [6.07, 6.45) is -4.32. The van der Waals surface area contributed by atoms with Crippen LogP contribution in [0.25, 0.3) is 0 Å². The third-order valence-corrected chi connectivity index (χ3v) is 22.8. The van der Waals surface area contributed by atoms with E-state index in [-0.39, 0.29) is 25.2 Å². The quantitative estimate of drug-likeness (QED) is 0.0288. The molecule has 1 aromatic rings. The van der Waals surface area contributed by atoms with Crippen LogP contribution in [0.2, 0.25) is 0 Å². The molecule has 0 aliphatic rings. The van der Waals surface area contributed by atoms with Crippen LogP contribution in [0.5, 0.6) is 0 Å². The summed E-state index contributed by atoms with van der Waals surface area (Å²) in [4.78, 5) is 324. The number of benzene rings is 1. The Bertz CT molecular complexity index is 4500. The average Bonchev–Trinajstić information content (AvgIpc) is 0.830. The van der Waals surface area contributed by atoms with Crippen LogP contribution in [0, 0.1) is 41.4 Å². The van der Waals surface area contributed by atoms with Crippen molar-refractivity contribution in [3.63, 3.8) is 0 Å². The molecule has 1 rings (SSSR count). The number of aliphatic hydroxyl groups is 1. The third-order valence-electron chi connectivity index (χ3n) is 22.1. The van der Waals surface area contributed by atoms with Gasteiger partial charge < -0.3 is 139 Å². The van der Waals surface area contributed by atoms with Gasteiger partial charge in [-0.25, -0.2) is 0 Å². The van der Waals surface area contributed by atoms with E-state index in [0.717, 1.165) is 13.8 Å². The van der Waals surface area contributed by atoms with Gasteiger partial charge in [-0.05, 0) is 120 Å². The maximum Gasteiger partial charge on any atom is 0.325 e. The molecular formula is C89H147N23O27S. The predicted molar refractivity (Wildman–Crippen MR) is 508 cm³/mol. The Morgan fingerprint density at radius 3 is 1.01 bits per heavy atom. The van der Waals surface area contributed by atoms with Crippen LogP contribution in [0.15, 0.2) is 30.3 Å². The van der Waals surface area contributed by atoms with Crippen LogP contribution in [-0.4, -0.2) is 297 Å². The van der Waals surface area contributed by atoms with E-state index >= 15 is 0 Å². The highest BCUT2D eigenvalue weighted by atomic mass is 32.2. The fourth-order valence-corrected chi connectivity index (χ4v) is 13.6. The Labute approximate surface area is 817 Å². The second-order valence-electron chi connectivity index (χ2n) is 36.4. The molecule has 0 saturated carbocycles. The fourth-order valence-electron chi connectivity index (χ4n) is 13.1. The molecule has 0 heterocycles. The van der Waals surface area contributed by atoms with Gasteiger partial charge in [0.15, 0.2) is 0 Å². The summed E-state index contributed by atoms with van der Waals surface area (Å²) in [6, 6.07) is -20.4. The first-order valence-corrected chi connectivity index (χ1v) is 47.4. The standard InChI is InChI=1S/C89H147N23O27S/c1-22-44(14)69(111-86(135)68(43(12)13)110-84(133)66(41(8)9)106-74(123)48(18)97-81(130)63(93)38(2)3)87(136)112-70(50(20)113)88(137)104-56(35-60(92)116)80(129)102-53(29-31-59(91)115)78(127)108-67(42(10)11)85(134)109-64(39(4)5)82(131)98-47(17)73(122)100-52(28-30-58(90)114)77(126)107-65(40(6)7)83(132)105-57(36-62(118)119)75(124)94-37-61(117)95-45(15)71(120)96-46(16)72(121)101-54(32-33-140-21)76(125)103-55(34-51-26-24-23-25-27-51)79(128)99-49(19)89(138)139/h23-27,38-50,52-57,63-70,113H,22,28-37,93H2,1-21H3,(H2,90,114)(H2,91,115)(H2,92,116)(H,94,124)(H,95,117)(H,96,120)(H,97,130)(H,98,131)(H,99,128)(H,100,122)(H,101,121)(H,102,129)(H,103,125)(H,104,137)(H,105,132)(H,106,123)(H,107,126)(H,108,127)(H,109,134)(H,110,133)(H,111,135)(H,112,136)(H,118,119)(H,138,139)/t44-,45-,46-,47-,48-,49-,50+,52-,53-,54-,55-,56-,57-,63-,64-,65-,66-,67-,68-,69-,70-/m0/s1. The van der Waals surface area contributed by atoms with E-state index in [9.17, 15) is 130 Å². The van der Waals surface area contributed by atoms with Crippen molar-refractivity contribution in [3.05, 3.63) is 35.9 Å². The number of hydrogen-bond acceptors (Lipinski definition) is 27. The van der Waals surface area contributed by atoms with E-state index in [1.807, 2.05) is 0 Å². The van der Waals surface area contributed by atoms with Crippen molar-refractivity contribution in [1.82, 2.24) is 101 Å². The monoisotopic (exact) mass is 2000 g/mol. The number of amides is 22. The molecule has 0 fully saturated rings. The topological polar surface area (TPSA) is 803 Å². The van der Waals surface area contributed by atoms with Crippen LogP contribution in [0.1, 0.15) is 195 Å². The summed E-state index contributed by atoms with van der Waals surface area (Å²) in [5.41, 5.74) is 23.0. The molecule has 0 aliphatic carbocycles. The molecule has 22 amide bonds. The van der Waals surface area contributed by atoms with Crippen LogP contribution in [-0.2, 0) is 121 Å². The summed E-state index contributed by atoms with van der Waals surface area (Å²) in [5.74, 6) is -29.9. The van der Waals surface area contributed by atoms with Crippen LogP contribution >= 0.6 is 11.8 Å². The molecule has 0 bridgehead atoms. The molecule has 0 saturated heterocycles. The number of nitrogens with one attached hydrogen (secondary N) is 19. The predicted octanol–water partition coefficient (Wildman–Crippen LogP) is -7.42. The lowest BCUT2D eigenvalue weighted by molar-refractivity contribution is -0.142. The fraction of sp³-hybridized carbons (Fsp3) is 0.663. The van der Waals surface area contributed by atoms with Gasteiger partial charge in [0, 0.05) is 19.3 Å². The lowest BCUT2D eigenvalue weighted by Crippen LogP contribution is -2.63. The summed E-state index contributed by atoms with van der Waals surface area (Å²) in [6.45, 7) is 28.1. The maximum absolute atomic E-state index is 14.4. The van der Waals surface area contributed by atoms with E-state index < -0.39 is 343 Å². The van der Waals surface area contributed by atoms with Crippen molar-refractivity contribution in [2.75, 3.05) is 18.6 Å². The van der Waals surface area contributed by atoms with Gasteiger partial charge in [-0.3, -0.25) is 115 Å². The highest BCUT2D eigenvalue weighted by Gasteiger charge is 2.42. The number of aliphatic carboxylic acids is 2. The zero-order valence-electron chi connectivity index (χ0n) is 83.1. The number of primary amides is 3. The minimum absolute atomic E-state index is 0.0372. The first-order valence-electron chi connectivity index (χ1n) is 46.0. The molecule has 0 unspecified atom stereocenters. The van der Waals surface area contributed by atoms with Gasteiger partial charge in [-0.1, -0.05) is 134 Å². The minimum atomic E-state index is -2.02. The number of carbonyl (C=O) groups excluding carboxylic acids is 22. The van der Waals surface area contributed by atoms with Gasteiger partial charge in [-0.2, -0.15) is 11.8 Å². The first kappa shape index (κ1) is 125. The Balaban J connectivity index is 3.39. The third kappa shape index (κ3) is 44.3. The van der Waals surface area contributed by atoms with Gasteiger partial charge in [-0.15, -0.1) is 0 Å².